The number of carbonyl (C=O) groups excluding carboxylic acids is 5. The molecule has 746 valence electrons. The Balaban J connectivity index is 0.000000113. The van der Waals surface area contributed by atoms with Crippen LogP contribution in [0, 0.1) is 11.3 Å². The van der Waals surface area contributed by atoms with Crippen LogP contribution in [0.3, 0.4) is 0 Å². The summed E-state index contributed by atoms with van der Waals surface area (Å²) in [7, 11) is 9.17. The Morgan fingerprint density at radius 2 is 0.790 bits per heavy atom. The second-order valence-corrected chi connectivity index (χ2v) is 39.6. The molecule has 0 radical (unpaired) electrons. The van der Waals surface area contributed by atoms with Gasteiger partial charge < -0.3 is 72.9 Å². The van der Waals surface area contributed by atoms with Crippen molar-refractivity contribution in [1.82, 2.24) is 98.4 Å². The van der Waals surface area contributed by atoms with Gasteiger partial charge in [0.1, 0.15) is 5.69 Å². The zero-order valence-corrected chi connectivity index (χ0v) is 83.5. The first-order chi connectivity index (χ1) is 69.6. The highest BCUT2D eigenvalue weighted by atomic mass is 16.5. The average molecular weight is 1940 g/mol. The SMILES string of the molecule is CC(=O)N1CCc2c(c(N3CCCc4cc(-c5cnn(C)c5)ccc43)nn2C2CCOC2)C1.CCOC1Cc2cc(-c3cnn(C)c3)ccc2N(c2nn([C@H]3CCOC3)c3c2CN(C(C)=O)CC3)C1.CNC(=O)c1ccc(-c2cc3c(cc2C#N)N(c2nn([C@H]4CCOC4)c4c2CN(C(C)=O)CC4)CCC3)cn1.COC1Cc2cc(-c3cnn(C)c3)ccc2N(c2nn([C@H]3CCOC3)c3c2CN(C(C)=O)CC3)C1. The molecule has 12 aliphatic heterocycles. The third-order valence-corrected chi connectivity index (χ3v) is 30.5. The van der Waals surface area contributed by atoms with Gasteiger partial charge in [0.2, 0.25) is 23.6 Å². The number of hydrogen-bond donors (Lipinski definition) is 1. The van der Waals surface area contributed by atoms with Crippen molar-refractivity contribution in [3.05, 3.63) is 201 Å². The molecule has 12 aromatic rings. The number of methoxy groups -OCH3 is 1. The van der Waals surface area contributed by atoms with E-state index in [2.05, 4.69) is 137 Å². The topological polar surface area (TPSA) is 340 Å². The summed E-state index contributed by atoms with van der Waals surface area (Å²) < 4.78 is 49.1. The van der Waals surface area contributed by atoms with Crippen LogP contribution in [0.25, 0.3) is 44.5 Å². The van der Waals surface area contributed by atoms with Gasteiger partial charge in [0.15, 0.2) is 23.3 Å². The van der Waals surface area contributed by atoms with E-state index in [0.29, 0.717) is 70.4 Å². The van der Waals surface area contributed by atoms with Gasteiger partial charge >= 0.3 is 0 Å². The van der Waals surface area contributed by atoms with Gasteiger partial charge in [-0.15, -0.1) is 0 Å². The maximum Gasteiger partial charge on any atom is 0.269 e. The Hall–Kier alpha value is -13.7. The predicted octanol–water partition coefficient (Wildman–Crippen LogP) is 12.5. The number of aromatic nitrogens is 15. The van der Waals surface area contributed by atoms with E-state index in [4.69, 9.17) is 48.8 Å². The number of carbonyl (C=O) groups is 5. The molecule has 4 aromatic carbocycles. The zero-order valence-electron chi connectivity index (χ0n) is 83.5. The Morgan fingerprint density at radius 3 is 1.13 bits per heavy atom. The van der Waals surface area contributed by atoms with Gasteiger partial charge in [-0.2, -0.15) is 41.0 Å². The van der Waals surface area contributed by atoms with E-state index in [-0.39, 0.29) is 65.9 Å². The summed E-state index contributed by atoms with van der Waals surface area (Å²) >= 11 is 0. The van der Waals surface area contributed by atoms with Gasteiger partial charge in [0.05, 0.1) is 132 Å². The molecule has 24 rings (SSSR count). The molecule has 36 nitrogen and oxygen atoms in total. The number of fused-ring (bicyclic) bond motifs is 8. The Morgan fingerprint density at radius 1 is 0.427 bits per heavy atom. The lowest BCUT2D eigenvalue weighted by molar-refractivity contribution is -0.130. The van der Waals surface area contributed by atoms with Crippen LogP contribution in [-0.2, 0) is 146 Å². The number of hydrogen-bond acceptors (Lipinski definition) is 24. The second kappa shape index (κ2) is 41.0. The van der Waals surface area contributed by atoms with E-state index in [0.717, 1.165) is 270 Å². The number of anilines is 8. The molecule has 143 heavy (non-hydrogen) atoms. The minimum atomic E-state index is -0.251. The number of aryl methyl sites for hydroxylation is 5. The minimum Gasteiger partial charge on any atom is -0.379 e. The molecule has 0 bridgehead atoms. The highest BCUT2D eigenvalue weighted by Crippen LogP contribution is 2.48. The van der Waals surface area contributed by atoms with Gasteiger partial charge in [-0.3, -0.25) is 61.7 Å². The average Bonchev–Trinajstić information content (AvgIpc) is 1.65. The van der Waals surface area contributed by atoms with Gasteiger partial charge in [-0.25, -0.2) is 0 Å². The van der Waals surface area contributed by atoms with E-state index in [1.165, 1.54) is 56.3 Å². The van der Waals surface area contributed by atoms with E-state index in [1.807, 2.05) is 105 Å². The van der Waals surface area contributed by atoms with Crippen LogP contribution in [0.1, 0.15) is 181 Å². The number of ether oxygens (including phenoxy) is 6. The maximum absolute atomic E-state index is 12.3. The summed E-state index contributed by atoms with van der Waals surface area (Å²) in [5.41, 5.74) is 28.3. The smallest absolute Gasteiger partial charge is 0.269 e. The Bertz CT molecular complexity index is 6820. The summed E-state index contributed by atoms with van der Waals surface area (Å²) in [6, 6.07) is 30.8. The summed E-state index contributed by atoms with van der Waals surface area (Å²) in [6.45, 7) is 23.5. The lowest BCUT2D eigenvalue weighted by atomic mass is 9.92. The summed E-state index contributed by atoms with van der Waals surface area (Å²) in [5.74, 6) is 3.93. The van der Waals surface area contributed by atoms with Crippen LogP contribution >= 0.6 is 0 Å². The van der Waals surface area contributed by atoms with Gasteiger partial charge in [0, 0.05) is 294 Å². The first-order valence-corrected chi connectivity index (χ1v) is 50.7. The van der Waals surface area contributed by atoms with Crippen molar-refractivity contribution in [2.75, 3.05) is 146 Å². The molecule has 20 heterocycles. The van der Waals surface area contributed by atoms with Crippen molar-refractivity contribution in [2.45, 2.75) is 187 Å². The number of benzene rings is 4. The molecule has 5 amide bonds. The molecule has 4 fully saturated rings. The normalized spacial score (nSPS) is 20.4. The quantitative estimate of drug-likeness (QED) is 0.0939. The van der Waals surface area contributed by atoms with Crippen molar-refractivity contribution < 1.29 is 52.4 Å². The second-order valence-electron chi connectivity index (χ2n) is 39.6. The van der Waals surface area contributed by atoms with Gasteiger partial charge in [0.25, 0.3) is 5.91 Å². The number of pyridine rings is 1. The van der Waals surface area contributed by atoms with Crippen LogP contribution < -0.4 is 24.9 Å². The molecular weight excluding hydrogens is 1810 g/mol. The summed E-state index contributed by atoms with van der Waals surface area (Å²) in [6.07, 6.45) is 26.4. The first-order valence-electron chi connectivity index (χ1n) is 50.7. The van der Waals surface area contributed by atoms with Gasteiger partial charge in [-0.1, -0.05) is 24.3 Å². The number of nitrogens with zero attached hydrogens (tertiary/aromatic N) is 24. The van der Waals surface area contributed by atoms with E-state index >= 15 is 0 Å². The van der Waals surface area contributed by atoms with Crippen molar-refractivity contribution in [3.63, 3.8) is 0 Å². The molecule has 3 unspecified atom stereocenters. The molecule has 1 N–H and O–H groups in total. The molecule has 0 saturated carbocycles. The van der Waals surface area contributed by atoms with Crippen LogP contribution in [0.2, 0.25) is 0 Å². The Labute approximate surface area is 832 Å². The fourth-order valence-corrected chi connectivity index (χ4v) is 22.9. The van der Waals surface area contributed by atoms with Crippen molar-refractivity contribution in [2.24, 2.45) is 21.1 Å². The third-order valence-electron chi connectivity index (χ3n) is 30.5. The molecule has 4 saturated heterocycles. The van der Waals surface area contributed by atoms with Crippen molar-refractivity contribution >= 4 is 75.6 Å². The lowest BCUT2D eigenvalue weighted by Crippen LogP contribution is -2.39. The highest BCUT2D eigenvalue weighted by molar-refractivity contribution is 5.93. The highest BCUT2D eigenvalue weighted by Gasteiger charge is 2.42. The summed E-state index contributed by atoms with van der Waals surface area (Å²) in [5, 5.41) is 46.5. The lowest BCUT2D eigenvalue weighted by Gasteiger charge is -2.36. The summed E-state index contributed by atoms with van der Waals surface area (Å²) in [4.78, 5) is 82.2. The molecule has 6 atom stereocenters. The number of nitriles is 1. The monoisotopic (exact) mass is 1940 g/mol. The van der Waals surface area contributed by atoms with Crippen LogP contribution in [-0.4, -0.2) is 261 Å². The maximum atomic E-state index is 12.3. The zero-order chi connectivity index (χ0) is 98.5. The fourth-order valence-electron chi connectivity index (χ4n) is 22.9. The number of rotatable bonds is 16. The van der Waals surface area contributed by atoms with E-state index < -0.39 is 0 Å². The molecule has 12 aliphatic rings. The molecule has 0 spiro atoms. The van der Waals surface area contributed by atoms with Crippen molar-refractivity contribution in [3.8, 4) is 50.6 Å². The van der Waals surface area contributed by atoms with Crippen LogP contribution in [0.15, 0.2) is 122 Å². The minimum absolute atomic E-state index is 0.0507. The largest absolute Gasteiger partial charge is 0.379 e. The van der Waals surface area contributed by atoms with Gasteiger partial charge in [-0.05, 0) is 152 Å². The third kappa shape index (κ3) is 19.1. The molecule has 0 aliphatic carbocycles. The van der Waals surface area contributed by atoms with E-state index in [1.54, 1.807) is 54.1 Å². The first kappa shape index (κ1) is 95.5. The van der Waals surface area contributed by atoms with E-state index in [9.17, 15) is 29.2 Å². The number of nitrogens with one attached hydrogen (secondary N) is 1. The predicted molar refractivity (Wildman–Crippen MR) is 538 cm³/mol. The molecule has 36 heteroatoms. The standard InChI is InChI=1S/C29H31N7O3.C27H34N6O3.C26H32N6O3.C25H30N6O2/c1-18(37)34-10-7-26-24(16-34)28(33-36(26)22-8-11-39-17-22)35-9-3-4-19-12-23(21(14-30)13-27(19)35)20-5-6-25(32-15-20)29(38)31-2;1-4-36-23-12-20-11-19(21-13-28-30(3)14-21)5-6-25(20)32(15-23)27-24-16-31(18(2)34)9-7-26(24)33(29-27)22-8-10-35-17-22;1-17(33)30-8-6-25-23(15-30)26(28-32(25)21-7-9-35-16-21)31-14-22(34-3)11-19-10-18(4-5-24(19)31)20-12-27-29(2)13-20;1-17(32)29-10-7-24-22(15-29)25(27-31(24)21-8-11-33-16-21)30-9-3-4-19-12-18(5-6-23(19)30)20-13-26-28(2)14-20/h5-6,12-13,15,22H,3-4,7-11,16-17H2,1-2H3,(H,31,38);5-6,11,13-14,22-23H,4,7-10,12,15-17H2,1-3H3;4-5,10,12-13,21-22H,6-9,11,14-16H2,1-3H3;5-6,12-14,21H,3-4,7-11,15-16H2,1-2H3/t22-;22-,23?;21-,22?;/m000./s1. The molecule has 8 aromatic heterocycles. The fraction of sp³-hybridized carbons (Fsp3) is 0.477. The number of amides is 5. The van der Waals surface area contributed by atoms with Crippen molar-refractivity contribution in [1.29, 1.82) is 5.26 Å². The van der Waals surface area contributed by atoms with Crippen LogP contribution in [0.4, 0.5) is 46.0 Å². The molecular formula is C107H127N25O11. The van der Waals surface area contributed by atoms with Crippen LogP contribution in [0.5, 0.6) is 0 Å². The Kier molecular flexibility index (Phi) is 27.3.